The van der Waals surface area contributed by atoms with E-state index in [0.29, 0.717) is 0 Å². The molecule has 1 aromatic carbocycles. The number of carboxylic acid groups (broad SMARTS) is 1. The zero-order chi connectivity index (χ0) is 11.6. The molecule has 1 rings (SSSR count). The summed E-state index contributed by atoms with van der Waals surface area (Å²) < 4.78 is 4.88. The highest BCUT2D eigenvalue weighted by Gasteiger charge is 2.21. The van der Waals surface area contributed by atoms with Crippen LogP contribution in [0, 0.1) is 0 Å². The Balaban J connectivity index is 3.24. The van der Waals surface area contributed by atoms with Crippen LogP contribution in [0.25, 0.3) is 0 Å². The van der Waals surface area contributed by atoms with Gasteiger partial charge in [0, 0.05) is 10.6 Å². The third-order valence-electron chi connectivity index (χ3n) is 1.80. The smallest absolute Gasteiger partial charge is 0.337 e. The second-order valence-electron chi connectivity index (χ2n) is 2.75. The fraction of sp³-hybridized carbons (Fsp3) is 0.222. The molecular formula is C9H8Cl2O4. The van der Waals surface area contributed by atoms with E-state index in [1.165, 1.54) is 19.2 Å². The minimum absolute atomic E-state index is 0.0467. The Kier molecular flexibility index (Phi) is 3.79. The maximum absolute atomic E-state index is 10.6. The topological polar surface area (TPSA) is 66.8 Å². The highest BCUT2D eigenvalue weighted by Crippen LogP contribution is 2.33. The van der Waals surface area contributed by atoms with Crippen LogP contribution in [0.3, 0.4) is 0 Å². The van der Waals surface area contributed by atoms with Gasteiger partial charge in [-0.1, -0.05) is 23.2 Å². The fourth-order valence-electron chi connectivity index (χ4n) is 1.04. The lowest BCUT2D eigenvalue weighted by Crippen LogP contribution is -2.11. The van der Waals surface area contributed by atoms with Crippen molar-refractivity contribution in [2.45, 2.75) is 6.10 Å². The Labute approximate surface area is 96.0 Å². The molecule has 0 aliphatic heterocycles. The summed E-state index contributed by atoms with van der Waals surface area (Å²) in [4.78, 5) is 10.6. The maximum atomic E-state index is 10.6. The molecule has 82 valence electrons. The predicted molar refractivity (Wildman–Crippen MR) is 55.6 cm³/mol. The number of hydrogen-bond donors (Lipinski definition) is 2. The number of aliphatic carboxylic acids is 1. The van der Waals surface area contributed by atoms with E-state index in [1.807, 2.05) is 0 Å². The normalized spacial score (nSPS) is 12.3. The summed E-state index contributed by atoms with van der Waals surface area (Å²) in [6.45, 7) is 0. The molecule has 0 radical (unpaired) electrons. The van der Waals surface area contributed by atoms with Gasteiger partial charge in [0.25, 0.3) is 0 Å². The summed E-state index contributed by atoms with van der Waals surface area (Å²) in [7, 11) is 1.38. The first-order valence-electron chi connectivity index (χ1n) is 3.91. The van der Waals surface area contributed by atoms with E-state index < -0.39 is 12.1 Å². The van der Waals surface area contributed by atoms with Crippen LogP contribution in [0.5, 0.6) is 5.75 Å². The standard InChI is InChI=1S/C9H8Cl2O4/c1-15-7-2-4(8(12)9(13)14)5(10)3-6(7)11/h2-3,8,12H,1H3,(H,13,14). The molecule has 0 spiro atoms. The van der Waals surface area contributed by atoms with E-state index in [-0.39, 0.29) is 21.4 Å². The Hall–Kier alpha value is -0.970. The third-order valence-corrected chi connectivity index (χ3v) is 2.42. The van der Waals surface area contributed by atoms with Gasteiger partial charge in [0.2, 0.25) is 0 Å². The van der Waals surface area contributed by atoms with E-state index in [2.05, 4.69) is 0 Å². The molecule has 2 N–H and O–H groups in total. The summed E-state index contributed by atoms with van der Waals surface area (Å²) >= 11 is 11.5. The van der Waals surface area contributed by atoms with Gasteiger partial charge in [0.15, 0.2) is 6.10 Å². The SMILES string of the molecule is COc1cc(C(O)C(=O)O)c(Cl)cc1Cl. The molecule has 0 bridgehead atoms. The molecule has 0 saturated heterocycles. The first-order chi connectivity index (χ1) is 6.97. The van der Waals surface area contributed by atoms with Crippen molar-refractivity contribution >= 4 is 29.2 Å². The maximum Gasteiger partial charge on any atom is 0.337 e. The first kappa shape index (κ1) is 12.1. The van der Waals surface area contributed by atoms with Gasteiger partial charge in [-0.25, -0.2) is 4.79 Å². The summed E-state index contributed by atoms with van der Waals surface area (Å²) in [5, 5.41) is 18.3. The average molecular weight is 251 g/mol. The number of ether oxygens (including phenoxy) is 1. The quantitative estimate of drug-likeness (QED) is 0.863. The van der Waals surface area contributed by atoms with Crippen LogP contribution >= 0.6 is 23.2 Å². The van der Waals surface area contributed by atoms with Crippen LogP contribution in [-0.4, -0.2) is 23.3 Å². The Bertz CT molecular complexity index is 392. The summed E-state index contributed by atoms with van der Waals surface area (Å²) in [5.41, 5.74) is 0.0467. The second kappa shape index (κ2) is 4.70. The zero-order valence-corrected chi connectivity index (χ0v) is 9.21. The molecule has 0 amide bonds. The fourth-order valence-corrected chi connectivity index (χ4v) is 1.61. The number of aliphatic hydroxyl groups excluding tert-OH is 1. The van der Waals surface area contributed by atoms with Gasteiger partial charge in [-0.3, -0.25) is 0 Å². The number of hydrogen-bond acceptors (Lipinski definition) is 3. The van der Waals surface area contributed by atoms with Crippen molar-refractivity contribution in [2.75, 3.05) is 7.11 Å². The largest absolute Gasteiger partial charge is 0.495 e. The number of carboxylic acids is 1. The van der Waals surface area contributed by atoms with Gasteiger partial charge in [-0.2, -0.15) is 0 Å². The lowest BCUT2D eigenvalue weighted by Gasteiger charge is -2.11. The van der Waals surface area contributed by atoms with E-state index in [1.54, 1.807) is 0 Å². The molecule has 4 nitrogen and oxygen atoms in total. The Morgan fingerprint density at radius 3 is 2.47 bits per heavy atom. The summed E-state index contributed by atoms with van der Waals surface area (Å²) in [6.07, 6.45) is -1.69. The second-order valence-corrected chi connectivity index (χ2v) is 3.56. The molecule has 15 heavy (non-hydrogen) atoms. The lowest BCUT2D eigenvalue weighted by atomic mass is 10.1. The molecule has 0 fully saturated rings. The first-order valence-corrected chi connectivity index (χ1v) is 4.66. The number of methoxy groups -OCH3 is 1. The van der Waals surface area contributed by atoms with Crippen molar-refractivity contribution < 1.29 is 19.7 Å². The van der Waals surface area contributed by atoms with Crippen LogP contribution in [0.15, 0.2) is 12.1 Å². The molecule has 0 saturated carbocycles. The molecule has 1 atom stereocenters. The van der Waals surface area contributed by atoms with Crippen molar-refractivity contribution in [2.24, 2.45) is 0 Å². The highest BCUT2D eigenvalue weighted by atomic mass is 35.5. The molecule has 0 heterocycles. The van der Waals surface area contributed by atoms with E-state index in [0.717, 1.165) is 0 Å². The van der Waals surface area contributed by atoms with Crippen molar-refractivity contribution in [1.82, 2.24) is 0 Å². The van der Waals surface area contributed by atoms with Gasteiger partial charge in [0.05, 0.1) is 12.1 Å². The van der Waals surface area contributed by atoms with Gasteiger partial charge in [-0.05, 0) is 12.1 Å². The van der Waals surface area contributed by atoms with Gasteiger partial charge >= 0.3 is 5.97 Å². The van der Waals surface area contributed by atoms with E-state index in [9.17, 15) is 9.90 Å². The Morgan fingerprint density at radius 1 is 1.40 bits per heavy atom. The molecule has 0 aliphatic rings. The number of halogens is 2. The highest BCUT2D eigenvalue weighted by molar-refractivity contribution is 6.36. The van der Waals surface area contributed by atoms with Crippen molar-refractivity contribution in [3.63, 3.8) is 0 Å². The predicted octanol–water partition coefficient (Wildman–Crippen LogP) is 2.12. The van der Waals surface area contributed by atoms with Gasteiger partial charge < -0.3 is 14.9 Å². The lowest BCUT2D eigenvalue weighted by molar-refractivity contribution is -0.146. The number of carbonyl (C=O) groups is 1. The van der Waals surface area contributed by atoms with Crippen LogP contribution in [-0.2, 0) is 4.79 Å². The monoisotopic (exact) mass is 250 g/mol. The number of aliphatic hydroxyl groups is 1. The van der Waals surface area contributed by atoms with Gasteiger partial charge in [0.1, 0.15) is 5.75 Å². The third kappa shape index (κ3) is 2.53. The number of rotatable bonds is 3. The molecule has 0 aromatic heterocycles. The average Bonchev–Trinajstić information content (AvgIpc) is 2.17. The van der Waals surface area contributed by atoms with Crippen LogP contribution in [0.2, 0.25) is 10.0 Å². The van der Waals surface area contributed by atoms with Crippen LogP contribution in [0.1, 0.15) is 11.7 Å². The minimum atomic E-state index is -1.69. The summed E-state index contributed by atoms with van der Waals surface area (Å²) in [5.74, 6) is -1.13. The van der Waals surface area contributed by atoms with Crippen molar-refractivity contribution in [1.29, 1.82) is 0 Å². The molecule has 1 unspecified atom stereocenters. The summed E-state index contributed by atoms with van der Waals surface area (Å²) in [6, 6.07) is 2.62. The Morgan fingerprint density at radius 2 is 2.00 bits per heavy atom. The van der Waals surface area contributed by atoms with Crippen LogP contribution in [0.4, 0.5) is 0 Å². The molecule has 1 aromatic rings. The minimum Gasteiger partial charge on any atom is -0.495 e. The molecule has 0 aliphatic carbocycles. The molecule has 6 heteroatoms. The molecular weight excluding hydrogens is 243 g/mol. The van der Waals surface area contributed by atoms with Gasteiger partial charge in [-0.15, -0.1) is 0 Å². The van der Waals surface area contributed by atoms with Crippen molar-refractivity contribution in [3.05, 3.63) is 27.7 Å². The van der Waals surface area contributed by atoms with E-state index >= 15 is 0 Å². The van der Waals surface area contributed by atoms with Crippen molar-refractivity contribution in [3.8, 4) is 5.75 Å². The van der Waals surface area contributed by atoms with Crippen LogP contribution < -0.4 is 4.74 Å². The zero-order valence-electron chi connectivity index (χ0n) is 7.70. The van der Waals surface area contributed by atoms with E-state index in [4.69, 9.17) is 33.0 Å². The number of benzene rings is 1.